The van der Waals surface area contributed by atoms with Crippen molar-refractivity contribution >= 4 is 27.8 Å². The highest BCUT2D eigenvalue weighted by molar-refractivity contribution is 9.10. The number of rotatable bonds is 1. The second-order valence-electron chi connectivity index (χ2n) is 5.29. The van der Waals surface area contributed by atoms with Gasteiger partial charge in [0.05, 0.1) is 0 Å². The first-order chi connectivity index (χ1) is 7.99. The largest absolute Gasteiger partial charge is 0.294 e. The average molecular weight is 293 g/mol. The molecule has 1 saturated carbocycles. The molecule has 0 aromatic heterocycles. The van der Waals surface area contributed by atoms with Crippen molar-refractivity contribution in [3.63, 3.8) is 0 Å². The van der Waals surface area contributed by atoms with Gasteiger partial charge in [0.2, 0.25) is 0 Å². The summed E-state index contributed by atoms with van der Waals surface area (Å²) in [6, 6.07) is 8.08. The highest BCUT2D eigenvalue weighted by Crippen LogP contribution is 2.35. The SMILES string of the molecule is CC1(C)CCCC(=Cc2ccc(Br)cc2)C1=O. The lowest BCUT2D eigenvalue weighted by atomic mass is 9.73. The molecule has 1 aromatic carbocycles. The average Bonchev–Trinajstić information content (AvgIpc) is 2.28. The Hall–Kier alpha value is -0.890. The van der Waals surface area contributed by atoms with Gasteiger partial charge in [0.25, 0.3) is 0 Å². The number of hydrogen-bond donors (Lipinski definition) is 0. The molecule has 0 radical (unpaired) electrons. The predicted octanol–water partition coefficient (Wildman–Crippen LogP) is 4.61. The van der Waals surface area contributed by atoms with Crippen molar-refractivity contribution in [2.24, 2.45) is 5.41 Å². The van der Waals surface area contributed by atoms with Gasteiger partial charge in [-0.1, -0.05) is 41.9 Å². The van der Waals surface area contributed by atoms with Gasteiger partial charge in [0.1, 0.15) is 0 Å². The van der Waals surface area contributed by atoms with E-state index in [0.717, 1.165) is 34.9 Å². The number of ketones is 1. The van der Waals surface area contributed by atoms with Gasteiger partial charge in [-0.25, -0.2) is 0 Å². The Balaban J connectivity index is 2.27. The summed E-state index contributed by atoms with van der Waals surface area (Å²) in [5.41, 5.74) is 1.90. The molecule has 1 aliphatic carbocycles. The van der Waals surface area contributed by atoms with Crippen LogP contribution in [-0.2, 0) is 4.79 Å². The highest BCUT2D eigenvalue weighted by Gasteiger charge is 2.33. The zero-order chi connectivity index (χ0) is 12.5. The summed E-state index contributed by atoms with van der Waals surface area (Å²) < 4.78 is 1.06. The smallest absolute Gasteiger partial charge is 0.164 e. The Kier molecular flexibility index (Phi) is 3.53. The molecule has 1 nitrogen and oxygen atoms in total. The normalized spacial score (nSPS) is 21.8. The van der Waals surface area contributed by atoms with Gasteiger partial charge < -0.3 is 0 Å². The maximum Gasteiger partial charge on any atom is 0.164 e. The van der Waals surface area contributed by atoms with Gasteiger partial charge in [-0.2, -0.15) is 0 Å². The van der Waals surface area contributed by atoms with Gasteiger partial charge in [0.15, 0.2) is 5.78 Å². The summed E-state index contributed by atoms with van der Waals surface area (Å²) in [5, 5.41) is 0. The summed E-state index contributed by atoms with van der Waals surface area (Å²) >= 11 is 3.41. The minimum absolute atomic E-state index is 0.181. The van der Waals surface area contributed by atoms with E-state index >= 15 is 0 Å². The van der Waals surface area contributed by atoms with E-state index in [2.05, 4.69) is 15.9 Å². The molecule has 1 aromatic rings. The Morgan fingerprint density at radius 3 is 2.53 bits per heavy atom. The molecular weight excluding hydrogens is 276 g/mol. The van der Waals surface area contributed by atoms with Crippen LogP contribution in [0.3, 0.4) is 0 Å². The number of allylic oxidation sites excluding steroid dienone is 1. The quantitative estimate of drug-likeness (QED) is 0.691. The highest BCUT2D eigenvalue weighted by atomic mass is 79.9. The summed E-state index contributed by atoms with van der Waals surface area (Å²) in [4.78, 5) is 12.2. The Morgan fingerprint density at radius 1 is 1.24 bits per heavy atom. The maximum atomic E-state index is 12.2. The van der Waals surface area contributed by atoms with Crippen LogP contribution >= 0.6 is 15.9 Å². The summed E-state index contributed by atoms with van der Waals surface area (Å²) in [6.07, 6.45) is 5.07. The van der Waals surface area contributed by atoms with Crippen LogP contribution in [0.4, 0.5) is 0 Å². The lowest BCUT2D eigenvalue weighted by molar-refractivity contribution is -0.124. The number of hydrogen-bond acceptors (Lipinski definition) is 1. The fraction of sp³-hybridized carbons (Fsp3) is 0.400. The molecule has 0 bridgehead atoms. The van der Waals surface area contributed by atoms with Crippen molar-refractivity contribution in [1.82, 2.24) is 0 Å². The van der Waals surface area contributed by atoms with E-state index in [9.17, 15) is 4.79 Å². The number of benzene rings is 1. The topological polar surface area (TPSA) is 17.1 Å². The number of carbonyl (C=O) groups excluding carboxylic acids is 1. The van der Waals surface area contributed by atoms with E-state index in [1.165, 1.54) is 0 Å². The molecule has 2 rings (SSSR count). The fourth-order valence-corrected chi connectivity index (χ4v) is 2.54. The first-order valence-corrected chi connectivity index (χ1v) is 6.79. The third kappa shape index (κ3) is 2.86. The summed E-state index contributed by atoms with van der Waals surface area (Å²) in [5.74, 6) is 0.312. The zero-order valence-corrected chi connectivity index (χ0v) is 11.9. The zero-order valence-electron chi connectivity index (χ0n) is 10.3. The van der Waals surface area contributed by atoms with Crippen molar-refractivity contribution in [2.45, 2.75) is 33.1 Å². The number of carbonyl (C=O) groups is 1. The minimum Gasteiger partial charge on any atom is -0.294 e. The lowest BCUT2D eigenvalue weighted by Crippen LogP contribution is -2.29. The first-order valence-electron chi connectivity index (χ1n) is 6.00. The van der Waals surface area contributed by atoms with Crippen LogP contribution in [0.5, 0.6) is 0 Å². The van der Waals surface area contributed by atoms with E-state index < -0.39 is 0 Å². The summed E-state index contributed by atoms with van der Waals surface area (Å²) in [6.45, 7) is 4.09. The number of Topliss-reactive ketones (excluding diaryl/α,β-unsaturated/α-hetero) is 1. The van der Waals surface area contributed by atoms with Gasteiger partial charge in [0, 0.05) is 9.89 Å². The maximum absolute atomic E-state index is 12.2. The van der Waals surface area contributed by atoms with Gasteiger partial charge >= 0.3 is 0 Å². The second kappa shape index (κ2) is 4.77. The minimum atomic E-state index is -0.181. The van der Waals surface area contributed by atoms with Crippen LogP contribution in [0.25, 0.3) is 6.08 Å². The molecule has 0 N–H and O–H groups in total. The number of halogens is 1. The predicted molar refractivity (Wildman–Crippen MR) is 74.8 cm³/mol. The molecule has 1 aliphatic rings. The molecule has 0 spiro atoms. The standard InChI is InChI=1S/C15H17BrO/c1-15(2)9-3-4-12(14(15)17)10-11-5-7-13(16)8-6-11/h5-8,10H,3-4,9H2,1-2H3. The van der Waals surface area contributed by atoms with Gasteiger partial charge in [-0.15, -0.1) is 0 Å². The van der Waals surface area contributed by atoms with Gasteiger partial charge in [-0.3, -0.25) is 4.79 Å². The monoisotopic (exact) mass is 292 g/mol. The third-order valence-electron chi connectivity index (χ3n) is 3.37. The molecule has 2 heteroatoms. The molecule has 0 atom stereocenters. The van der Waals surface area contributed by atoms with Crippen LogP contribution in [-0.4, -0.2) is 5.78 Å². The van der Waals surface area contributed by atoms with E-state index in [1.807, 2.05) is 44.2 Å². The Bertz CT molecular complexity index is 454. The molecule has 0 heterocycles. The van der Waals surface area contributed by atoms with Crippen LogP contribution in [0, 0.1) is 5.41 Å². The van der Waals surface area contributed by atoms with Gasteiger partial charge in [-0.05, 0) is 48.6 Å². The van der Waals surface area contributed by atoms with E-state index in [1.54, 1.807) is 0 Å². The van der Waals surface area contributed by atoms with Crippen molar-refractivity contribution in [3.8, 4) is 0 Å². The second-order valence-corrected chi connectivity index (χ2v) is 6.20. The van der Waals surface area contributed by atoms with Crippen LogP contribution in [0.15, 0.2) is 34.3 Å². The molecule has 0 aliphatic heterocycles. The van der Waals surface area contributed by atoms with Crippen LogP contribution < -0.4 is 0 Å². The van der Waals surface area contributed by atoms with Crippen molar-refractivity contribution in [3.05, 3.63) is 39.9 Å². The van der Waals surface area contributed by atoms with E-state index in [-0.39, 0.29) is 5.41 Å². The molecule has 0 saturated heterocycles. The Morgan fingerprint density at radius 2 is 1.88 bits per heavy atom. The van der Waals surface area contributed by atoms with Crippen molar-refractivity contribution < 1.29 is 4.79 Å². The summed E-state index contributed by atoms with van der Waals surface area (Å²) in [7, 11) is 0. The van der Waals surface area contributed by atoms with Crippen LogP contribution in [0.1, 0.15) is 38.7 Å². The molecule has 0 unspecified atom stereocenters. The first kappa shape index (κ1) is 12.6. The van der Waals surface area contributed by atoms with Crippen LogP contribution in [0.2, 0.25) is 0 Å². The van der Waals surface area contributed by atoms with Crippen molar-refractivity contribution in [2.75, 3.05) is 0 Å². The third-order valence-corrected chi connectivity index (χ3v) is 3.89. The van der Waals surface area contributed by atoms with Crippen molar-refractivity contribution in [1.29, 1.82) is 0 Å². The molecular formula is C15H17BrO. The lowest BCUT2D eigenvalue weighted by Gasteiger charge is -2.29. The van der Waals surface area contributed by atoms with E-state index in [4.69, 9.17) is 0 Å². The fourth-order valence-electron chi connectivity index (χ4n) is 2.28. The van der Waals surface area contributed by atoms with E-state index in [0.29, 0.717) is 5.78 Å². The molecule has 0 amide bonds. The Labute approximate surface area is 111 Å². The molecule has 90 valence electrons. The molecule has 1 fully saturated rings. The molecule has 17 heavy (non-hydrogen) atoms.